The number of hydrogen-bond donors (Lipinski definition) is 1. The second kappa shape index (κ2) is 5.87. The zero-order chi connectivity index (χ0) is 15.0. The number of fused-ring (bicyclic) bond motifs is 1. The molecule has 0 aliphatic carbocycles. The average molecular weight is 306 g/mol. The molecule has 0 bridgehead atoms. The minimum atomic E-state index is 0.0220. The quantitative estimate of drug-likeness (QED) is 0.936. The van der Waals surface area contributed by atoms with E-state index in [1.54, 1.807) is 10.5 Å². The van der Waals surface area contributed by atoms with Crippen LogP contribution in [0.5, 0.6) is 0 Å². The molecule has 0 amide bonds. The molecule has 3 heterocycles. The number of piperidine rings is 1. The molecule has 2 N–H and O–H groups in total. The van der Waals surface area contributed by atoms with Crippen LogP contribution in [0.15, 0.2) is 16.2 Å². The summed E-state index contributed by atoms with van der Waals surface area (Å²) >= 11 is 1.52. The Labute approximate surface area is 128 Å². The lowest BCUT2D eigenvalue weighted by Crippen LogP contribution is -2.43. The molecule has 2 atom stereocenters. The van der Waals surface area contributed by atoms with Gasteiger partial charge in [-0.15, -0.1) is 11.3 Å². The van der Waals surface area contributed by atoms with Gasteiger partial charge in [-0.05, 0) is 39.2 Å². The van der Waals surface area contributed by atoms with Gasteiger partial charge in [-0.1, -0.05) is 0 Å². The first kappa shape index (κ1) is 14.7. The number of aryl methyl sites for hydroxylation is 1. The molecular weight excluding hydrogens is 284 g/mol. The summed E-state index contributed by atoms with van der Waals surface area (Å²) in [5.74, 6) is 0.565. The van der Waals surface area contributed by atoms with Crippen molar-refractivity contribution in [3.05, 3.63) is 33.2 Å². The van der Waals surface area contributed by atoms with Crippen LogP contribution in [0, 0.1) is 12.8 Å². The Kier molecular flexibility index (Phi) is 4.10. The van der Waals surface area contributed by atoms with Gasteiger partial charge in [-0.3, -0.25) is 14.1 Å². The van der Waals surface area contributed by atoms with E-state index in [1.165, 1.54) is 24.2 Å². The van der Waals surface area contributed by atoms with E-state index in [0.29, 0.717) is 12.0 Å². The molecule has 1 aliphatic rings. The third-order valence-electron chi connectivity index (χ3n) is 4.44. The Morgan fingerprint density at radius 2 is 2.29 bits per heavy atom. The van der Waals surface area contributed by atoms with Gasteiger partial charge in [0, 0.05) is 36.3 Å². The molecule has 5 nitrogen and oxygen atoms in total. The van der Waals surface area contributed by atoms with Gasteiger partial charge in [0.15, 0.2) is 4.96 Å². The Morgan fingerprint density at radius 1 is 1.48 bits per heavy atom. The van der Waals surface area contributed by atoms with Crippen LogP contribution in [0.25, 0.3) is 4.96 Å². The van der Waals surface area contributed by atoms with Crippen LogP contribution in [0.4, 0.5) is 0 Å². The zero-order valence-corrected chi connectivity index (χ0v) is 13.4. The molecule has 2 aromatic rings. The fourth-order valence-corrected chi connectivity index (χ4v) is 3.96. The van der Waals surface area contributed by atoms with Gasteiger partial charge in [-0.25, -0.2) is 4.98 Å². The minimum Gasteiger partial charge on any atom is -0.330 e. The summed E-state index contributed by atoms with van der Waals surface area (Å²) in [6.45, 7) is 6.66. The Hall–Kier alpha value is -1.24. The summed E-state index contributed by atoms with van der Waals surface area (Å²) in [6, 6.07) is 2.20. The lowest BCUT2D eigenvalue weighted by molar-refractivity contribution is 0.112. The van der Waals surface area contributed by atoms with Crippen molar-refractivity contribution < 1.29 is 0 Å². The van der Waals surface area contributed by atoms with E-state index in [-0.39, 0.29) is 5.56 Å². The second-order valence-electron chi connectivity index (χ2n) is 6.04. The first-order chi connectivity index (χ1) is 10.1. The summed E-state index contributed by atoms with van der Waals surface area (Å²) in [5.41, 5.74) is 7.65. The highest BCUT2D eigenvalue weighted by Gasteiger charge is 2.25. The van der Waals surface area contributed by atoms with Gasteiger partial charge in [-0.2, -0.15) is 0 Å². The lowest BCUT2D eigenvalue weighted by atomic mass is 9.93. The van der Waals surface area contributed by atoms with Crippen LogP contribution in [0.2, 0.25) is 0 Å². The van der Waals surface area contributed by atoms with Gasteiger partial charge in [0.1, 0.15) is 0 Å². The van der Waals surface area contributed by atoms with Crippen LogP contribution in [0.1, 0.15) is 31.2 Å². The van der Waals surface area contributed by atoms with Gasteiger partial charge in [0.2, 0.25) is 0 Å². The number of rotatable bonds is 3. The number of aromatic nitrogens is 2. The van der Waals surface area contributed by atoms with Crippen LogP contribution in [-0.2, 0) is 6.54 Å². The van der Waals surface area contributed by atoms with Crippen molar-refractivity contribution in [2.75, 3.05) is 13.1 Å². The first-order valence-electron chi connectivity index (χ1n) is 7.49. The maximum absolute atomic E-state index is 12.2. The van der Waals surface area contributed by atoms with Gasteiger partial charge in [0.05, 0.1) is 5.69 Å². The molecule has 0 radical (unpaired) electrons. The highest BCUT2D eigenvalue weighted by Crippen LogP contribution is 2.22. The Bertz CT molecular complexity index is 693. The molecule has 1 fully saturated rings. The third kappa shape index (κ3) is 2.88. The molecular formula is C15H22N4OS. The second-order valence-corrected chi connectivity index (χ2v) is 6.87. The summed E-state index contributed by atoms with van der Waals surface area (Å²) in [5, 5.41) is 1.97. The van der Waals surface area contributed by atoms with Gasteiger partial charge < -0.3 is 5.73 Å². The van der Waals surface area contributed by atoms with Crippen molar-refractivity contribution in [3.63, 3.8) is 0 Å². The van der Waals surface area contributed by atoms with E-state index in [0.717, 1.165) is 36.0 Å². The number of nitrogens with two attached hydrogens (primary N) is 1. The van der Waals surface area contributed by atoms with E-state index in [1.807, 2.05) is 12.3 Å². The maximum Gasteiger partial charge on any atom is 0.259 e. The summed E-state index contributed by atoms with van der Waals surface area (Å²) in [4.78, 5) is 20.1. The molecule has 21 heavy (non-hydrogen) atoms. The first-order valence-corrected chi connectivity index (χ1v) is 8.37. The van der Waals surface area contributed by atoms with E-state index in [4.69, 9.17) is 5.73 Å². The molecule has 3 rings (SSSR count). The SMILES string of the molecule is Cc1csc2nc(CN3CC(CN)CCC3C)cc(=O)n12. The number of thiazole rings is 1. The zero-order valence-electron chi connectivity index (χ0n) is 12.6. The average Bonchev–Trinajstić information content (AvgIpc) is 2.83. The van der Waals surface area contributed by atoms with E-state index < -0.39 is 0 Å². The van der Waals surface area contributed by atoms with Gasteiger partial charge in [0.25, 0.3) is 5.56 Å². The normalized spacial score (nSPS) is 23.8. The maximum atomic E-state index is 12.2. The molecule has 2 unspecified atom stereocenters. The van der Waals surface area contributed by atoms with E-state index in [9.17, 15) is 4.79 Å². The largest absolute Gasteiger partial charge is 0.330 e. The van der Waals surface area contributed by atoms with Crippen LogP contribution >= 0.6 is 11.3 Å². The fraction of sp³-hybridized carbons (Fsp3) is 0.600. The van der Waals surface area contributed by atoms with E-state index >= 15 is 0 Å². The molecule has 0 spiro atoms. The monoisotopic (exact) mass is 306 g/mol. The minimum absolute atomic E-state index is 0.0220. The van der Waals surface area contributed by atoms with Crippen molar-refractivity contribution in [1.29, 1.82) is 0 Å². The van der Waals surface area contributed by atoms with Crippen molar-refractivity contribution in [2.45, 2.75) is 39.3 Å². The fourth-order valence-electron chi connectivity index (χ4n) is 3.07. The molecule has 0 aromatic carbocycles. The number of likely N-dealkylation sites (tertiary alicyclic amines) is 1. The summed E-state index contributed by atoms with van der Waals surface area (Å²) in [7, 11) is 0. The number of hydrogen-bond acceptors (Lipinski definition) is 5. The topological polar surface area (TPSA) is 63.6 Å². The molecule has 1 saturated heterocycles. The standard InChI is InChI=1S/C15H22N4OS/c1-10-3-4-12(6-16)7-18(10)8-13-5-14(20)19-11(2)9-21-15(19)17-13/h5,9-10,12H,3-4,6-8,16H2,1-2H3. The smallest absolute Gasteiger partial charge is 0.259 e. The van der Waals surface area contributed by atoms with E-state index in [2.05, 4.69) is 16.8 Å². The lowest BCUT2D eigenvalue weighted by Gasteiger charge is -2.37. The van der Waals surface area contributed by atoms with Crippen molar-refractivity contribution in [1.82, 2.24) is 14.3 Å². The number of nitrogens with zero attached hydrogens (tertiary/aromatic N) is 3. The van der Waals surface area contributed by atoms with Crippen molar-refractivity contribution in [3.8, 4) is 0 Å². The Morgan fingerprint density at radius 3 is 3.05 bits per heavy atom. The summed E-state index contributed by atoms with van der Waals surface area (Å²) in [6.07, 6.45) is 2.37. The van der Waals surface area contributed by atoms with Gasteiger partial charge >= 0.3 is 0 Å². The summed E-state index contributed by atoms with van der Waals surface area (Å²) < 4.78 is 1.68. The molecule has 1 aliphatic heterocycles. The third-order valence-corrected chi connectivity index (χ3v) is 5.38. The highest BCUT2D eigenvalue weighted by molar-refractivity contribution is 7.15. The molecule has 114 valence electrons. The van der Waals surface area contributed by atoms with Crippen LogP contribution < -0.4 is 11.3 Å². The molecule has 0 saturated carbocycles. The highest BCUT2D eigenvalue weighted by atomic mass is 32.1. The predicted octanol–water partition coefficient (Wildman–Crippen LogP) is 1.62. The van der Waals surface area contributed by atoms with Crippen LogP contribution in [-0.4, -0.2) is 33.4 Å². The Balaban J connectivity index is 1.85. The van der Waals surface area contributed by atoms with Crippen LogP contribution in [0.3, 0.4) is 0 Å². The molecule has 2 aromatic heterocycles. The molecule has 6 heteroatoms. The predicted molar refractivity (Wildman–Crippen MR) is 85.7 cm³/mol. The van der Waals surface area contributed by atoms with Crippen molar-refractivity contribution in [2.24, 2.45) is 11.7 Å². The van der Waals surface area contributed by atoms with Crippen molar-refractivity contribution >= 4 is 16.3 Å².